The van der Waals surface area contributed by atoms with E-state index in [1.165, 1.54) is 0 Å². The summed E-state index contributed by atoms with van der Waals surface area (Å²) in [5, 5.41) is 143. The van der Waals surface area contributed by atoms with Crippen molar-refractivity contribution in [1.82, 2.24) is 0 Å². The van der Waals surface area contributed by atoms with E-state index in [9.17, 15) is 71.5 Å². The molecule has 0 aliphatic carbocycles. The number of rotatable bonds is 10. The molecule has 0 bridgehead atoms. The second-order valence-corrected chi connectivity index (χ2v) is 11.1. The van der Waals surface area contributed by atoms with Crippen LogP contribution in [0.25, 0.3) is 0 Å². The zero-order chi connectivity index (χ0) is 33.3. The average Bonchev–Trinajstić information content (AvgIpc) is 3.03. The molecule has 4 fully saturated rings. The Kier molecular flexibility index (Phi) is 12.8. The van der Waals surface area contributed by atoms with Crippen LogP contribution in [0.4, 0.5) is 0 Å². The predicted octanol–water partition coefficient (Wildman–Crippen LogP) is -9.75. The van der Waals surface area contributed by atoms with E-state index in [-0.39, 0.29) is 0 Å². The standard InChI is InChI=1S/C24H42O21/c25-1-5-9(29)13(33)16(36)22(40-5)44-19-14(34)10(30)7(3-27)42-24(19)45-20-15(35)11(31)6(2-26)41-23(20)43-18-12(32)8(4-28)39-21(38)17(18)37/h5-38H,1-4H2/t5-,6-,7-,8-,9-,10-,11-,12-,13+,14+,15+,16+,17+,18+,19+,20+,21-,22+,23+,24-/m1/s1. The van der Waals surface area contributed by atoms with Crippen molar-refractivity contribution in [3.8, 4) is 0 Å². The van der Waals surface area contributed by atoms with Crippen LogP contribution >= 0.6 is 0 Å². The van der Waals surface area contributed by atoms with Crippen LogP contribution in [0.2, 0.25) is 0 Å². The maximum atomic E-state index is 11.0. The summed E-state index contributed by atoms with van der Waals surface area (Å²) in [5.74, 6) is 0. The topological polar surface area (TPSA) is 348 Å². The Morgan fingerprint density at radius 3 is 1.13 bits per heavy atom. The molecule has 45 heavy (non-hydrogen) atoms. The Bertz CT molecular complexity index is 916. The Morgan fingerprint density at radius 2 is 0.689 bits per heavy atom. The molecule has 0 aromatic carbocycles. The summed E-state index contributed by atoms with van der Waals surface area (Å²) in [7, 11) is 0. The van der Waals surface area contributed by atoms with Gasteiger partial charge >= 0.3 is 0 Å². The van der Waals surface area contributed by atoms with E-state index >= 15 is 0 Å². The van der Waals surface area contributed by atoms with Crippen molar-refractivity contribution >= 4 is 0 Å². The van der Waals surface area contributed by atoms with Crippen molar-refractivity contribution in [1.29, 1.82) is 0 Å². The van der Waals surface area contributed by atoms with Crippen molar-refractivity contribution in [3.05, 3.63) is 0 Å². The molecule has 0 spiro atoms. The van der Waals surface area contributed by atoms with E-state index in [1.807, 2.05) is 0 Å². The SMILES string of the molecule is OC[C@H]1O[C@@H](O[C@@H]2[C@@H](O[C@@H]3[C@H](O[C@@H]4[C@H](O)[C@H](O)O[C@H](CO)[C@H]4O)O[C@H](CO)[C@@H](O)[C@@H]3O)O[C@H](CO)[C@@H](O)[C@@H]2O)[C@@H](O)[C@@H](O)[C@@H]1O. The van der Waals surface area contributed by atoms with Crippen LogP contribution in [-0.4, -0.2) is 221 Å². The van der Waals surface area contributed by atoms with E-state index < -0.39 is 149 Å². The molecule has 21 nitrogen and oxygen atoms in total. The van der Waals surface area contributed by atoms with Gasteiger partial charge in [0.15, 0.2) is 25.2 Å². The highest BCUT2D eigenvalue weighted by Gasteiger charge is 2.55. The van der Waals surface area contributed by atoms with Gasteiger partial charge in [0.25, 0.3) is 0 Å². The first-order chi connectivity index (χ1) is 21.3. The lowest BCUT2D eigenvalue weighted by atomic mass is 9.96. The Balaban J connectivity index is 1.63. The van der Waals surface area contributed by atoms with E-state index in [4.69, 9.17) is 33.2 Å². The molecule has 0 amide bonds. The molecule has 4 aliphatic heterocycles. The first-order valence-corrected chi connectivity index (χ1v) is 14.1. The molecule has 4 rings (SSSR count). The van der Waals surface area contributed by atoms with Crippen LogP contribution in [0.15, 0.2) is 0 Å². The highest BCUT2D eigenvalue weighted by Crippen LogP contribution is 2.34. The maximum absolute atomic E-state index is 11.0. The zero-order valence-electron chi connectivity index (χ0n) is 23.5. The van der Waals surface area contributed by atoms with Gasteiger partial charge in [-0.2, -0.15) is 0 Å². The second kappa shape index (κ2) is 15.6. The van der Waals surface area contributed by atoms with Gasteiger partial charge in [0, 0.05) is 0 Å². The summed E-state index contributed by atoms with van der Waals surface area (Å²) in [6.07, 6.45) is -36.6. The van der Waals surface area contributed by atoms with Gasteiger partial charge in [0.1, 0.15) is 97.7 Å². The van der Waals surface area contributed by atoms with E-state index in [0.717, 1.165) is 0 Å². The summed E-state index contributed by atoms with van der Waals surface area (Å²) < 4.78 is 38.2. The minimum Gasteiger partial charge on any atom is -0.394 e. The van der Waals surface area contributed by atoms with Crippen molar-refractivity contribution in [2.75, 3.05) is 26.4 Å². The molecule has 20 atom stereocenters. The summed E-state index contributed by atoms with van der Waals surface area (Å²) >= 11 is 0. The maximum Gasteiger partial charge on any atom is 0.187 e. The molecular formula is C24H42O21. The second-order valence-electron chi connectivity index (χ2n) is 11.1. The van der Waals surface area contributed by atoms with Gasteiger partial charge in [-0.15, -0.1) is 0 Å². The molecule has 4 saturated heterocycles. The summed E-state index contributed by atoms with van der Waals surface area (Å²) in [6, 6.07) is 0. The zero-order valence-corrected chi connectivity index (χ0v) is 23.5. The number of ether oxygens (including phenoxy) is 7. The number of aliphatic hydroxyl groups excluding tert-OH is 14. The summed E-state index contributed by atoms with van der Waals surface area (Å²) in [4.78, 5) is 0. The summed E-state index contributed by atoms with van der Waals surface area (Å²) in [6.45, 7) is -3.45. The number of hydrogen-bond donors (Lipinski definition) is 14. The molecule has 4 heterocycles. The third-order valence-electron chi connectivity index (χ3n) is 8.21. The Morgan fingerprint density at radius 1 is 0.333 bits per heavy atom. The fourth-order valence-electron chi connectivity index (χ4n) is 5.49. The van der Waals surface area contributed by atoms with Crippen LogP contribution in [0.5, 0.6) is 0 Å². The molecular weight excluding hydrogens is 624 g/mol. The fourth-order valence-corrected chi connectivity index (χ4v) is 5.49. The van der Waals surface area contributed by atoms with Crippen molar-refractivity contribution in [2.24, 2.45) is 0 Å². The fraction of sp³-hybridized carbons (Fsp3) is 1.00. The quantitative estimate of drug-likeness (QED) is 0.103. The van der Waals surface area contributed by atoms with E-state index in [0.29, 0.717) is 0 Å². The normalized spacial score (nSPS) is 52.9. The first kappa shape index (κ1) is 37.0. The third kappa shape index (κ3) is 7.44. The van der Waals surface area contributed by atoms with E-state index in [1.54, 1.807) is 0 Å². The lowest BCUT2D eigenvalue weighted by Gasteiger charge is -2.49. The Hall–Kier alpha value is -0.840. The van der Waals surface area contributed by atoms with Crippen LogP contribution in [-0.2, 0) is 33.2 Å². The number of hydrogen-bond acceptors (Lipinski definition) is 21. The number of aliphatic hydroxyl groups is 14. The van der Waals surface area contributed by atoms with Crippen LogP contribution in [0.1, 0.15) is 0 Å². The molecule has 21 heteroatoms. The van der Waals surface area contributed by atoms with Crippen LogP contribution in [0, 0.1) is 0 Å². The first-order valence-electron chi connectivity index (χ1n) is 14.1. The van der Waals surface area contributed by atoms with Crippen LogP contribution < -0.4 is 0 Å². The molecule has 0 aromatic rings. The van der Waals surface area contributed by atoms with Crippen molar-refractivity contribution < 1.29 is 105 Å². The van der Waals surface area contributed by atoms with Gasteiger partial charge in [-0.1, -0.05) is 0 Å². The van der Waals surface area contributed by atoms with Gasteiger partial charge in [-0.25, -0.2) is 0 Å². The lowest BCUT2D eigenvalue weighted by molar-refractivity contribution is -0.403. The summed E-state index contributed by atoms with van der Waals surface area (Å²) in [5.41, 5.74) is 0. The monoisotopic (exact) mass is 666 g/mol. The molecule has 0 saturated carbocycles. The highest BCUT2D eigenvalue weighted by atomic mass is 16.8. The van der Waals surface area contributed by atoms with Gasteiger partial charge in [-0.05, 0) is 0 Å². The highest BCUT2D eigenvalue weighted by molar-refractivity contribution is 4.97. The molecule has 4 aliphatic rings. The molecule has 0 unspecified atom stereocenters. The molecule has 264 valence electrons. The average molecular weight is 667 g/mol. The van der Waals surface area contributed by atoms with Gasteiger partial charge in [0.05, 0.1) is 26.4 Å². The van der Waals surface area contributed by atoms with Crippen LogP contribution in [0.3, 0.4) is 0 Å². The van der Waals surface area contributed by atoms with Gasteiger partial charge in [-0.3, -0.25) is 0 Å². The predicted molar refractivity (Wildman–Crippen MR) is 134 cm³/mol. The van der Waals surface area contributed by atoms with Gasteiger partial charge in [0.2, 0.25) is 0 Å². The van der Waals surface area contributed by atoms with Crippen molar-refractivity contribution in [3.63, 3.8) is 0 Å². The lowest BCUT2D eigenvalue weighted by Crippen LogP contribution is -2.68. The van der Waals surface area contributed by atoms with E-state index in [2.05, 4.69) is 0 Å². The molecule has 0 radical (unpaired) electrons. The minimum absolute atomic E-state index is 0.827. The van der Waals surface area contributed by atoms with Gasteiger partial charge < -0.3 is 105 Å². The third-order valence-corrected chi connectivity index (χ3v) is 8.21. The molecule has 14 N–H and O–H groups in total. The van der Waals surface area contributed by atoms with Crippen molar-refractivity contribution in [2.45, 2.75) is 123 Å². The molecule has 0 aromatic heterocycles. The minimum atomic E-state index is -2.03. The smallest absolute Gasteiger partial charge is 0.187 e. The largest absolute Gasteiger partial charge is 0.394 e. The Labute approximate surface area is 254 Å².